The van der Waals surface area contributed by atoms with Crippen LogP contribution >= 0.6 is 11.8 Å². The monoisotopic (exact) mass is 249 g/mol. The molecular formula is C10H19NO4S. The third kappa shape index (κ3) is 5.37. The molecule has 6 heteroatoms. The molecule has 3 N–H and O–H groups in total. The summed E-state index contributed by atoms with van der Waals surface area (Å²) >= 11 is 1.33. The van der Waals surface area contributed by atoms with Gasteiger partial charge in [-0.25, -0.2) is 4.79 Å². The number of carbonyl (C=O) groups excluding carboxylic acids is 1. The van der Waals surface area contributed by atoms with Crippen molar-refractivity contribution in [2.24, 2.45) is 0 Å². The van der Waals surface area contributed by atoms with E-state index in [9.17, 15) is 14.7 Å². The number of carbonyl (C=O) groups is 2. The van der Waals surface area contributed by atoms with E-state index in [2.05, 4.69) is 5.32 Å². The predicted molar refractivity (Wildman–Crippen MR) is 63.5 cm³/mol. The molecule has 0 fully saturated rings. The Morgan fingerprint density at radius 2 is 2.06 bits per heavy atom. The highest BCUT2D eigenvalue weighted by atomic mass is 32.2. The number of rotatable bonds is 9. The van der Waals surface area contributed by atoms with Gasteiger partial charge in [0.25, 0.3) is 0 Å². The van der Waals surface area contributed by atoms with Gasteiger partial charge in [-0.3, -0.25) is 4.79 Å². The van der Waals surface area contributed by atoms with Crippen molar-refractivity contribution in [3.63, 3.8) is 0 Å². The zero-order valence-electron chi connectivity index (χ0n) is 9.60. The van der Waals surface area contributed by atoms with Gasteiger partial charge in [-0.2, -0.15) is 11.8 Å². The molecule has 0 aromatic rings. The molecule has 0 aliphatic rings. The van der Waals surface area contributed by atoms with Crippen LogP contribution in [-0.2, 0) is 9.59 Å². The van der Waals surface area contributed by atoms with E-state index in [-0.39, 0.29) is 5.75 Å². The Bertz CT molecular complexity index is 231. The standard InChI is InChI=1S/C10H19NO4S/c1-3-10(15,4-2)6-16-5-8(9(13)14)11-7-12/h7-8,15H,3-6H2,1-2H3,(H,11,12)(H,13,14). The number of hydrogen-bond donors (Lipinski definition) is 3. The molecule has 0 saturated carbocycles. The van der Waals surface area contributed by atoms with Crippen molar-refractivity contribution >= 4 is 24.1 Å². The van der Waals surface area contributed by atoms with E-state index in [0.717, 1.165) is 0 Å². The average molecular weight is 249 g/mol. The van der Waals surface area contributed by atoms with Gasteiger partial charge in [0.1, 0.15) is 6.04 Å². The van der Waals surface area contributed by atoms with Crippen LogP contribution in [0.2, 0.25) is 0 Å². The first-order chi connectivity index (χ1) is 7.49. The van der Waals surface area contributed by atoms with Crippen LogP contribution in [0.4, 0.5) is 0 Å². The molecule has 1 unspecified atom stereocenters. The number of thioether (sulfide) groups is 1. The SMILES string of the molecule is CCC(O)(CC)CSCC(NC=O)C(=O)O. The Morgan fingerprint density at radius 1 is 1.50 bits per heavy atom. The maximum atomic E-state index is 10.7. The van der Waals surface area contributed by atoms with E-state index in [0.29, 0.717) is 25.0 Å². The second-order valence-corrected chi connectivity index (χ2v) is 4.65. The molecule has 5 nitrogen and oxygen atoms in total. The fourth-order valence-corrected chi connectivity index (χ4v) is 2.47. The van der Waals surface area contributed by atoms with Crippen molar-refractivity contribution in [2.75, 3.05) is 11.5 Å². The van der Waals surface area contributed by atoms with E-state index in [1.807, 2.05) is 13.8 Å². The van der Waals surface area contributed by atoms with Crippen molar-refractivity contribution in [1.82, 2.24) is 5.32 Å². The summed E-state index contributed by atoms with van der Waals surface area (Å²) in [6, 6.07) is -0.888. The first kappa shape index (κ1) is 15.2. The summed E-state index contributed by atoms with van der Waals surface area (Å²) in [4.78, 5) is 20.8. The van der Waals surface area contributed by atoms with Crippen LogP contribution in [0.3, 0.4) is 0 Å². The van der Waals surface area contributed by atoms with Crippen LogP contribution in [0.5, 0.6) is 0 Å². The first-order valence-electron chi connectivity index (χ1n) is 5.21. The average Bonchev–Trinajstić information content (AvgIpc) is 2.27. The molecule has 0 heterocycles. The molecular weight excluding hydrogens is 230 g/mol. The maximum Gasteiger partial charge on any atom is 0.327 e. The molecule has 0 aliphatic carbocycles. The number of nitrogens with one attached hydrogen (secondary N) is 1. The van der Waals surface area contributed by atoms with Gasteiger partial charge in [0.05, 0.1) is 5.60 Å². The smallest absolute Gasteiger partial charge is 0.327 e. The van der Waals surface area contributed by atoms with Crippen molar-refractivity contribution in [1.29, 1.82) is 0 Å². The normalized spacial score (nSPS) is 13.2. The maximum absolute atomic E-state index is 10.7. The van der Waals surface area contributed by atoms with Gasteiger partial charge in [-0.05, 0) is 12.8 Å². The lowest BCUT2D eigenvalue weighted by Crippen LogP contribution is -2.39. The van der Waals surface area contributed by atoms with Crippen LogP contribution in [-0.4, -0.2) is 45.7 Å². The molecule has 0 rings (SSSR count). The van der Waals surface area contributed by atoms with Crippen molar-refractivity contribution in [2.45, 2.75) is 38.3 Å². The minimum atomic E-state index is -1.06. The highest BCUT2D eigenvalue weighted by Gasteiger charge is 2.24. The quantitative estimate of drug-likeness (QED) is 0.517. The third-order valence-corrected chi connectivity index (χ3v) is 3.85. The van der Waals surface area contributed by atoms with Gasteiger partial charge >= 0.3 is 5.97 Å². The van der Waals surface area contributed by atoms with Gasteiger partial charge < -0.3 is 15.5 Å². The highest BCUT2D eigenvalue weighted by Crippen LogP contribution is 2.21. The molecule has 16 heavy (non-hydrogen) atoms. The fourth-order valence-electron chi connectivity index (χ4n) is 1.09. The Balaban J connectivity index is 4.02. The second kappa shape index (κ2) is 7.51. The molecule has 0 bridgehead atoms. The molecule has 0 aromatic heterocycles. The summed E-state index contributed by atoms with van der Waals surface area (Å²) in [6.07, 6.45) is 1.65. The lowest BCUT2D eigenvalue weighted by atomic mass is 10.0. The second-order valence-electron chi connectivity index (χ2n) is 3.62. The predicted octanol–water partition coefficient (Wildman–Crippen LogP) is 0.470. The molecule has 0 spiro atoms. The zero-order chi connectivity index (χ0) is 12.6. The summed E-state index contributed by atoms with van der Waals surface area (Å²) in [6.45, 7) is 3.78. The van der Waals surface area contributed by atoms with Crippen molar-refractivity contribution < 1.29 is 19.8 Å². The van der Waals surface area contributed by atoms with Crippen LogP contribution in [0.25, 0.3) is 0 Å². The fraction of sp³-hybridized carbons (Fsp3) is 0.800. The molecule has 0 aliphatic heterocycles. The summed E-state index contributed by atoms with van der Waals surface area (Å²) in [7, 11) is 0. The molecule has 1 atom stereocenters. The molecule has 1 amide bonds. The topological polar surface area (TPSA) is 86.6 Å². The number of amides is 1. The van der Waals surface area contributed by atoms with E-state index in [1.54, 1.807) is 0 Å². The van der Waals surface area contributed by atoms with Crippen LogP contribution < -0.4 is 5.32 Å². The number of hydrogen-bond acceptors (Lipinski definition) is 4. The van der Waals surface area contributed by atoms with Gasteiger partial charge in [-0.1, -0.05) is 13.8 Å². The van der Waals surface area contributed by atoms with Crippen LogP contribution in [0, 0.1) is 0 Å². The lowest BCUT2D eigenvalue weighted by Gasteiger charge is -2.25. The Kier molecular flexibility index (Phi) is 7.16. The van der Waals surface area contributed by atoms with Crippen LogP contribution in [0.1, 0.15) is 26.7 Å². The third-order valence-electron chi connectivity index (χ3n) is 2.54. The summed E-state index contributed by atoms with van der Waals surface area (Å²) in [5.74, 6) is -0.322. The number of carboxylic acid groups (broad SMARTS) is 1. The first-order valence-corrected chi connectivity index (χ1v) is 6.37. The van der Waals surface area contributed by atoms with Crippen LogP contribution in [0.15, 0.2) is 0 Å². The molecule has 0 aromatic carbocycles. The van der Waals surface area contributed by atoms with Crippen molar-refractivity contribution in [3.05, 3.63) is 0 Å². The van der Waals surface area contributed by atoms with Crippen molar-refractivity contribution in [3.8, 4) is 0 Å². The molecule has 0 radical (unpaired) electrons. The van der Waals surface area contributed by atoms with E-state index in [4.69, 9.17) is 5.11 Å². The summed E-state index contributed by atoms with van der Waals surface area (Å²) in [5.41, 5.74) is -0.741. The Labute approximate surface area is 99.6 Å². The highest BCUT2D eigenvalue weighted by molar-refractivity contribution is 7.99. The van der Waals surface area contributed by atoms with Gasteiger partial charge in [0, 0.05) is 11.5 Å². The Hall–Kier alpha value is -0.750. The van der Waals surface area contributed by atoms with Gasteiger partial charge in [0.2, 0.25) is 6.41 Å². The number of carboxylic acids is 1. The lowest BCUT2D eigenvalue weighted by molar-refractivity contribution is -0.139. The van der Waals surface area contributed by atoms with E-state index < -0.39 is 17.6 Å². The van der Waals surface area contributed by atoms with Gasteiger partial charge in [0.15, 0.2) is 0 Å². The summed E-state index contributed by atoms with van der Waals surface area (Å²) < 4.78 is 0. The largest absolute Gasteiger partial charge is 0.480 e. The molecule has 94 valence electrons. The minimum absolute atomic E-state index is 0.260. The van der Waals surface area contributed by atoms with E-state index in [1.165, 1.54) is 11.8 Å². The number of aliphatic carboxylic acids is 1. The van der Waals surface area contributed by atoms with Gasteiger partial charge in [-0.15, -0.1) is 0 Å². The minimum Gasteiger partial charge on any atom is -0.480 e. The molecule has 0 saturated heterocycles. The summed E-state index contributed by atoms with van der Waals surface area (Å²) in [5, 5.41) is 20.9. The van der Waals surface area contributed by atoms with E-state index >= 15 is 0 Å². The number of aliphatic hydroxyl groups is 1. The Morgan fingerprint density at radius 3 is 2.44 bits per heavy atom. The zero-order valence-corrected chi connectivity index (χ0v) is 10.4.